The molecule has 4 aromatic rings. The van der Waals surface area contributed by atoms with Crippen LogP contribution in [-0.4, -0.2) is 27.1 Å². The molecule has 7 heteroatoms. The monoisotopic (exact) mass is 397 g/mol. The fraction of sp³-hybridized carbons (Fsp3) is 0.100. The molecule has 0 aliphatic rings. The Kier molecular flexibility index (Phi) is 5.50. The maximum absolute atomic E-state index is 13.6. The van der Waals surface area contributed by atoms with E-state index in [2.05, 4.69) is 10.2 Å². The van der Waals surface area contributed by atoms with Crippen LogP contribution in [-0.2, 0) is 0 Å². The smallest absolute Gasteiger partial charge is 0.196 e. The third-order valence-electron chi connectivity index (χ3n) is 3.80. The van der Waals surface area contributed by atoms with Crippen molar-refractivity contribution >= 4 is 23.1 Å². The molecule has 2 aromatic carbocycles. The molecule has 2 heterocycles. The summed E-state index contributed by atoms with van der Waals surface area (Å²) in [5.41, 5.74) is 1.00. The van der Waals surface area contributed by atoms with Gasteiger partial charge in [-0.25, -0.2) is 4.39 Å². The van der Waals surface area contributed by atoms with Crippen LogP contribution in [0.5, 0.6) is 5.75 Å². The van der Waals surface area contributed by atoms with E-state index in [-0.39, 0.29) is 11.6 Å². The number of hydrogen-bond acceptors (Lipinski definition) is 5. The molecule has 0 unspecified atom stereocenters. The highest BCUT2D eigenvalue weighted by atomic mass is 32.2. The van der Waals surface area contributed by atoms with Crippen molar-refractivity contribution in [2.75, 3.05) is 12.4 Å². The third kappa shape index (κ3) is 4.04. The molecule has 4 rings (SSSR count). The van der Waals surface area contributed by atoms with E-state index in [1.165, 1.54) is 17.8 Å². The Labute approximate surface area is 164 Å². The number of thiophene rings is 1. The van der Waals surface area contributed by atoms with Gasteiger partial charge in [-0.1, -0.05) is 48.2 Å². The zero-order valence-corrected chi connectivity index (χ0v) is 15.9. The average Bonchev–Trinajstić information content (AvgIpc) is 3.37. The molecule has 0 N–H and O–H groups in total. The maximum Gasteiger partial charge on any atom is 0.196 e. The minimum atomic E-state index is -0.352. The Morgan fingerprint density at radius 2 is 1.78 bits per heavy atom. The maximum atomic E-state index is 13.6. The van der Waals surface area contributed by atoms with Gasteiger partial charge in [0.2, 0.25) is 0 Å². The van der Waals surface area contributed by atoms with Gasteiger partial charge in [0.15, 0.2) is 22.5 Å². The SMILES string of the molecule is Fc1ccccc1OCCSc1nnc(-c2cccs2)n1-c1ccccc1. The highest BCUT2D eigenvalue weighted by Crippen LogP contribution is 2.30. The number of aromatic nitrogens is 3. The van der Waals surface area contributed by atoms with Gasteiger partial charge < -0.3 is 4.74 Å². The normalized spacial score (nSPS) is 10.9. The summed E-state index contributed by atoms with van der Waals surface area (Å²) < 4.78 is 21.2. The van der Waals surface area contributed by atoms with E-state index in [0.717, 1.165) is 21.5 Å². The Morgan fingerprint density at radius 1 is 0.963 bits per heavy atom. The number of rotatable bonds is 7. The second-order valence-electron chi connectivity index (χ2n) is 5.58. The molecular weight excluding hydrogens is 381 g/mol. The molecule has 136 valence electrons. The van der Waals surface area contributed by atoms with E-state index in [1.807, 2.05) is 52.4 Å². The standard InChI is InChI=1S/C20H16FN3OS2/c21-16-9-4-5-10-17(16)25-12-14-27-20-23-22-19(18-11-6-13-26-18)24(20)15-7-2-1-3-8-15/h1-11,13H,12,14H2. The van der Waals surface area contributed by atoms with Crippen molar-refractivity contribution in [3.05, 3.63) is 77.9 Å². The van der Waals surface area contributed by atoms with Crippen molar-refractivity contribution in [3.8, 4) is 22.1 Å². The summed E-state index contributed by atoms with van der Waals surface area (Å²) in [6.07, 6.45) is 0. The average molecular weight is 398 g/mol. The Balaban J connectivity index is 1.52. The number of hydrogen-bond donors (Lipinski definition) is 0. The predicted octanol–water partition coefficient (Wildman–Crippen LogP) is 5.31. The molecule has 0 radical (unpaired) electrons. The molecule has 4 nitrogen and oxygen atoms in total. The number of nitrogens with zero attached hydrogens (tertiary/aromatic N) is 3. The van der Waals surface area contributed by atoms with Crippen molar-refractivity contribution in [2.45, 2.75) is 5.16 Å². The van der Waals surface area contributed by atoms with E-state index < -0.39 is 0 Å². The van der Waals surface area contributed by atoms with Gasteiger partial charge in [0.25, 0.3) is 0 Å². The van der Waals surface area contributed by atoms with Gasteiger partial charge in [-0.15, -0.1) is 21.5 Å². The van der Waals surface area contributed by atoms with E-state index in [4.69, 9.17) is 4.74 Å². The molecule has 0 atom stereocenters. The molecule has 0 amide bonds. The zero-order valence-electron chi connectivity index (χ0n) is 14.3. The molecule has 0 bridgehead atoms. The van der Waals surface area contributed by atoms with Crippen molar-refractivity contribution in [2.24, 2.45) is 0 Å². The van der Waals surface area contributed by atoms with Crippen molar-refractivity contribution in [3.63, 3.8) is 0 Å². The minimum Gasteiger partial charge on any atom is -0.490 e. The molecule has 2 aromatic heterocycles. The van der Waals surface area contributed by atoms with Gasteiger partial charge in [-0.05, 0) is 35.7 Å². The number of halogens is 1. The predicted molar refractivity (Wildman–Crippen MR) is 107 cm³/mol. The summed E-state index contributed by atoms with van der Waals surface area (Å²) in [6, 6.07) is 20.5. The number of benzene rings is 2. The largest absolute Gasteiger partial charge is 0.490 e. The molecule has 0 aliphatic carbocycles. The van der Waals surface area contributed by atoms with Crippen LogP contribution in [0.3, 0.4) is 0 Å². The minimum absolute atomic E-state index is 0.266. The molecule has 27 heavy (non-hydrogen) atoms. The first-order valence-corrected chi connectivity index (χ1v) is 10.2. The topological polar surface area (TPSA) is 39.9 Å². The van der Waals surface area contributed by atoms with Crippen LogP contribution >= 0.6 is 23.1 Å². The lowest BCUT2D eigenvalue weighted by molar-refractivity contribution is 0.325. The highest BCUT2D eigenvalue weighted by Gasteiger charge is 2.16. The fourth-order valence-corrected chi connectivity index (χ4v) is 4.05. The Bertz CT molecular complexity index is 1000. The molecule has 0 aliphatic heterocycles. The second-order valence-corrected chi connectivity index (χ2v) is 7.59. The van der Waals surface area contributed by atoms with Crippen LogP contribution in [0.15, 0.2) is 77.3 Å². The van der Waals surface area contributed by atoms with Gasteiger partial charge in [-0.2, -0.15) is 0 Å². The molecule has 0 saturated heterocycles. The van der Waals surface area contributed by atoms with E-state index in [1.54, 1.807) is 29.5 Å². The van der Waals surface area contributed by atoms with E-state index in [9.17, 15) is 4.39 Å². The van der Waals surface area contributed by atoms with Crippen LogP contribution < -0.4 is 4.74 Å². The summed E-state index contributed by atoms with van der Waals surface area (Å²) in [7, 11) is 0. The van der Waals surface area contributed by atoms with Crippen molar-refractivity contribution < 1.29 is 9.13 Å². The number of para-hydroxylation sites is 2. The van der Waals surface area contributed by atoms with E-state index in [0.29, 0.717) is 12.4 Å². The first-order chi connectivity index (χ1) is 13.3. The lowest BCUT2D eigenvalue weighted by atomic mass is 10.3. The summed E-state index contributed by atoms with van der Waals surface area (Å²) in [4.78, 5) is 1.06. The molecule has 0 saturated carbocycles. The fourth-order valence-electron chi connectivity index (χ4n) is 2.59. The van der Waals surface area contributed by atoms with Crippen LogP contribution in [0.2, 0.25) is 0 Å². The zero-order chi connectivity index (χ0) is 18.5. The first-order valence-electron chi connectivity index (χ1n) is 8.38. The van der Waals surface area contributed by atoms with Gasteiger partial charge in [0.1, 0.15) is 0 Å². The quantitative estimate of drug-likeness (QED) is 0.313. The van der Waals surface area contributed by atoms with Crippen LogP contribution in [0.1, 0.15) is 0 Å². The summed E-state index contributed by atoms with van der Waals surface area (Å²) in [6.45, 7) is 0.377. The highest BCUT2D eigenvalue weighted by molar-refractivity contribution is 7.99. The molecule has 0 fully saturated rings. The van der Waals surface area contributed by atoms with Gasteiger partial charge in [-0.3, -0.25) is 4.57 Å². The van der Waals surface area contributed by atoms with Crippen LogP contribution in [0.4, 0.5) is 4.39 Å². The summed E-state index contributed by atoms with van der Waals surface area (Å²) in [5, 5.41) is 11.6. The number of thioether (sulfide) groups is 1. The van der Waals surface area contributed by atoms with Crippen LogP contribution in [0, 0.1) is 5.82 Å². The van der Waals surface area contributed by atoms with Gasteiger partial charge in [0.05, 0.1) is 11.5 Å². The Hall–Kier alpha value is -2.64. The third-order valence-corrected chi connectivity index (χ3v) is 5.56. The summed E-state index contributed by atoms with van der Waals surface area (Å²) in [5.74, 6) is 1.36. The lowest BCUT2D eigenvalue weighted by Gasteiger charge is -2.10. The first kappa shape index (κ1) is 17.8. The van der Waals surface area contributed by atoms with Crippen molar-refractivity contribution in [1.82, 2.24) is 14.8 Å². The van der Waals surface area contributed by atoms with E-state index >= 15 is 0 Å². The van der Waals surface area contributed by atoms with Crippen molar-refractivity contribution in [1.29, 1.82) is 0 Å². The van der Waals surface area contributed by atoms with Crippen LogP contribution in [0.25, 0.3) is 16.4 Å². The molecule has 0 spiro atoms. The lowest BCUT2D eigenvalue weighted by Crippen LogP contribution is -2.04. The van der Waals surface area contributed by atoms with Gasteiger partial charge >= 0.3 is 0 Å². The number of ether oxygens (including phenoxy) is 1. The Morgan fingerprint density at radius 3 is 2.56 bits per heavy atom. The summed E-state index contributed by atoms with van der Waals surface area (Å²) >= 11 is 3.16. The second kappa shape index (κ2) is 8.37. The van der Waals surface area contributed by atoms with Gasteiger partial charge in [0, 0.05) is 11.4 Å². The molecular formula is C20H16FN3OS2.